The normalized spacial score (nSPS) is 30.1. The Hall–Kier alpha value is -2.25. The van der Waals surface area contributed by atoms with Gasteiger partial charge in [0.2, 0.25) is 11.8 Å². The first-order valence-corrected chi connectivity index (χ1v) is 10.8. The Morgan fingerprint density at radius 1 is 1.07 bits per heavy atom. The third-order valence-corrected chi connectivity index (χ3v) is 7.07. The number of nitrogens with one attached hydrogen (secondary N) is 2. The summed E-state index contributed by atoms with van der Waals surface area (Å²) in [4.78, 5) is 40.7. The molecule has 4 heterocycles. The second kappa shape index (κ2) is 7.54. The number of imide groups is 1. The lowest BCUT2D eigenvalue weighted by molar-refractivity contribution is -0.136. The lowest BCUT2D eigenvalue weighted by Crippen LogP contribution is -2.52. The summed E-state index contributed by atoms with van der Waals surface area (Å²) in [5.41, 5.74) is 2.84. The molecule has 0 aromatic heterocycles. The van der Waals surface area contributed by atoms with Gasteiger partial charge in [-0.3, -0.25) is 24.6 Å². The third kappa shape index (κ3) is 3.57. The van der Waals surface area contributed by atoms with Gasteiger partial charge in [0, 0.05) is 31.6 Å². The molecular formula is C22H28N4O3. The van der Waals surface area contributed by atoms with Crippen LogP contribution >= 0.6 is 0 Å². The Kier molecular flexibility index (Phi) is 4.87. The molecule has 4 aliphatic heterocycles. The summed E-state index contributed by atoms with van der Waals surface area (Å²) in [5, 5.41) is 5.88. The van der Waals surface area contributed by atoms with Crippen molar-refractivity contribution in [1.82, 2.24) is 20.4 Å². The van der Waals surface area contributed by atoms with Crippen LogP contribution in [0.1, 0.15) is 47.2 Å². The van der Waals surface area contributed by atoms with Crippen LogP contribution in [0.5, 0.6) is 0 Å². The van der Waals surface area contributed by atoms with Crippen LogP contribution in [0.4, 0.5) is 0 Å². The molecule has 154 valence electrons. The number of rotatable bonds is 3. The Morgan fingerprint density at radius 3 is 2.83 bits per heavy atom. The molecule has 3 unspecified atom stereocenters. The Morgan fingerprint density at radius 2 is 1.97 bits per heavy atom. The summed E-state index contributed by atoms with van der Waals surface area (Å²) < 4.78 is 0. The summed E-state index contributed by atoms with van der Waals surface area (Å²) in [7, 11) is 0. The average Bonchev–Trinajstić information content (AvgIpc) is 3.04. The summed E-state index contributed by atoms with van der Waals surface area (Å²) in [5.74, 6) is 0.889. The number of amides is 3. The minimum Gasteiger partial charge on any atom is -0.322 e. The molecule has 7 heteroatoms. The van der Waals surface area contributed by atoms with Crippen molar-refractivity contribution in [2.24, 2.45) is 11.8 Å². The van der Waals surface area contributed by atoms with Crippen molar-refractivity contribution in [3.8, 4) is 0 Å². The van der Waals surface area contributed by atoms with Crippen molar-refractivity contribution in [2.75, 3.05) is 26.2 Å². The zero-order valence-corrected chi connectivity index (χ0v) is 16.7. The highest BCUT2D eigenvalue weighted by atomic mass is 16.2. The number of hydrogen-bond donors (Lipinski definition) is 2. The van der Waals surface area contributed by atoms with E-state index in [2.05, 4.69) is 21.6 Å². The van der Waals surface area contributed by atoms with Gasteiger partial charge < -0.3 is 10.2 Å². The molecule has 3 atom stereocenters. The maximum atomic E-state index is 13.0. The molecule has 0 radical (unpaired) electrons. The molecule has 3 saturated heterocycles. The number of carbonyl (C=O) groups is 3. The van der Waals surface area contributed by atoms with Crippen LogP contribution in [0.2, 0.25) is 0 Å². The second-order valence-corrected chi connectivity index (χ2v) is 8.93. The van der Waals surface area contributed by atoms with Crippen LogP contribution in [0.3, 0.4) is 0 Å². The smallest absolute Gasteiger partial charge is 0.255 e. The highest BCUT2D eigenvalue weighted by Crippen LogP contribution is 2.31. The number of piperidine rings is 3. The third-order valence-electron chi connectivity index (χ3n) is 7.07. The summed E-state index contributed by atoms with van der Waals surface area (Å²) in [6, 6.07) is 5.61. The van der Waals surface area contributed by atoms with Crippen molar-refractivity contribution in [3.63, 3.8) is 0 Å². The number of benzene rings is 1. The predicted octanol–water partition coefficient (Wildman–Crippen LogP) is 0.879. The highest BCUT2D eigenvalue weighted by molar-refractivity contribution is 6.05. The molecule has 3 amide bonds. The topological polar surface area (TPSA) is 81.8 Å². The molecule has 5 rings (SSSR count). The largest absolute Gasteiger partial charge is 0.322 e. The molecule has 7 nitrogen and oxygen atoms in total. The molecule has 1 aromatic rings. The Bertz CT molecular complexity index is 854. The average molecular weight is 396 g/mol. The first-order chi connectivity index (χ1) is 14.1. The molecule has 0 saturated carbocycles. The van der Waals surface area contributed by atoms with E-state index in [4.69, 9.17) is 0 Å². The monoisotopic (exact) mass is 396 g/mol. The standard InChI is InChI=1S/C22H28N4O3/c27-20-4-3-19(21(28)24-20)26-13-16-2-1-14(9-18(16)22(26)29)11-25-8-6-15-5-7-23-10-17(15)12-25/h1-2,9,15,17,19,23H,3-8,10-13H2,(H,24,27,28). The number of hydrogen-bond acceptors (Lipinski definition) is 5. The molecule has 1 aromatic carbocycles. The number of fused-ring (bicyclic) bond motifs is 2. The van der Waals surface area contributed by atoms with Crippen molar-refractivity contribution < 1.29 is 14.4 Å². The molecule has 0 bridgehead atoms. The molecule has 0 aliphatic carbocycles. The lowest BCUT2D eigenvalue weighted by Gasteiger charge is -2.41. The predicted molar refractivity (Wildman–Crippen MR) is 107 cm³/mol. The van der Waals surface area contributed by atoms with E-state index in [0.29, 0.717) is 18.5 Å². The van der Waals surface area contributed by atoms with E-state index in [1.807, 2.05) is 12.1 Å². The van der Waals surface area contributed by atoms with E-state index in [-0.39, 0.29) is 24.1 Å². The summed E-state index contributed by atoms with van der Waals surface area (Å²) in [6.45, 7) is 5.81. The van der Waals surface area contributed by atoms with Gasteiger partial charge in [0.05, 0.1) is 0 Å². The van der Waals surface area contributed by atoms with Crippen molar-refractivity contribution in [2.45, 2.75) is 44.8 Å². The molecule has 4 aliphatic rings. The van der Waals surface area contributed by atoms with Gasteiger partial charge in [0.1, 0.15) is 6.04 Å². The fourth-order valence-corrected chi connectivity index (χ4v) is 5.44. The second-order valence-electron chi connectivity index (χ2n) is 8.93. The van der Waals surface area contributed by atoms with Gasteiger partial charge in [0.15, 0.2) is 0 Å². The van der Waals surface area contributed by atoms with E-state index in [1.165, 1.54) is 12.8 Å². The SMILES string of the molecule is O=C1CCC(N2Cc3ccc(CN4CCC5CCNCC5C4)cc3C2=O)C(=O)N1. The molecule has 29 heavy (non-hydrogen) atoms. The van der Waals surface area contributed by atoms with E-state index >= 15 is 0 Å². The molecule has 3 fully saturated rings. The molecule has 0 spiro atoms. The maximum Gasteiger partial charge on any atom is 0.255 e. The molecule has 2 N–H and O–H groups in total. The number of nitrogens with zero attached hydrogens (tertiary/aromatic N) is 2. The fourth-order valence-electron chi connectivity index (χ4n) is 5.44. The Labute approximate surface area is 170 Å². The highest BCUT2D eigenvalue weighted by Gasteiger charge is 2.39. The van der Waals surface area contributed by atoms with Crippen molar-refractivity contribution in [3.05, 3.63) is 34.9 Å². The van der Waals surface area contributed by atoms with Gasteiger partial charge in [-0.05, 0) is 67.9 Å². The van der Waals surface area contributed by atoms with Crippen LogP contribution in [0.15, 0.2) is 18.2 Å². The van der Waals surface area contributed by atoms with Gasteiger partial charge in [-0.2, -0.15) is 0 Å². The van der Waals surface area contributed by atoms with Gasteiger partial charge in [0.25, 0.3) is 5.91 Å². The van der Waals surface area contributed by atoms with E-state index in [1.54, 1.807) is 4.90 Å². The first-order valence-electron chi connectivity index (χ1n) is 10.8. The van der Waals surface area contributed by atoms with Gasteiger partial charge in [-0.1, -0.05) is 12.1 Å². The van der Waals surface area contributed by atoms with Crippen LogP contribution in [-0.4, -0.2) is 59.7 Å². The van der Waals surface area contributed by atoms with Crippen molar-refractivity contribution in [1.29, 1.82) is 0 Å². The van der Waals surface area contributed by atoms with Gasteiger partial charge in [-0.15, -0.1) is 0 Å². The minimum atomic E-state index is -0.547. The quantitative estimate of drug-likeness (QED) is 0.742. The lowest BCUT2D eigenvalue weighted by atomic mass is 9.81. The van der Waals surface area contributed by atoms with Crippen LogP contribution in [0, 0.1) is 11.8 Å². The van der Waals surface area contributed by atoms with Gasteiger partial charge >= 0.3 is 0 Å². The first kappa shape index (κ1) is 18.8. The molecular weight excluding hydrogens is 368 g/mol. The fraction of sp³-hybridized carbons (Fsp3) is 0.591. The van der Waals surface area contributed by atoms with Gasteiger partial charge in [-0.25, -0.2) is 0 Å². The van der Waals surface area contributed by atoms with E-state index < -0.39 is 6.04 Å². The maximum absolute atomic E-state index is 13.0. The van der Waals surface area contributed by atoms with E-state index in [9.17, 15) is 14.4 Å². The van der Waals surface area contributed by atoms with Crippen LogP contribution < -0.4 is 10.6 Å². The van der Waals surface area contributed by atoms with Crippen LogP contribution in [0.25, 0.3) is 0 Å². The van der Waals surface area contributed by atoms with Crippen LogP contribution in [-0.2, 0) is 22.7 Å². The summed E-state index contributed by atoms with van der Waals surface area (Å²) >= 11 is 0. The van der Waals surface area contributed by atoms with E-state index in [0.717, 1.165) is 55.7 Å². The zero-order valence-electron chi connectivity index (χ0n) is 16.7. The summed E-state index contributed by atoms with van der Waals surface area (Å²) in [6.07, 6.45) is 3.25. The minimum absolute atomic E-state index is 0.0912. The van der Waals surface area contributed by atoms with Crippen molar-refractivity contribution >= 4 is 17.7 Å². The number of carbonyl (C=O) groups excluding carboxylic acids is 3. The zero-order chi connectivity index (χ0) is 20.0. The Balaban J connectivity index is 1.27. The number of likely N-dealkylation sites (tertiary alicyclic amines) is 1.